The van der Waals surface area contributed by atoms with E-state index in [1.54, 1.807) is 16.3 Å². The van der Waals surface area contributed by atoms with E-state index in [4.69, 9.17) is 14.5 Å². The van der Waals surface area contributed by atoms with Crippen LogP contribution in [-0.4, -0.2) is 34.6 Å². The van der Waals surface area contributed by atoms with Gasteiger partial charge in [-0.3, -0.25) is 9.36 Å². The fourth-order valence-electron chi connectivity index (χ4n) is 3.40. The van der Waals surface area contributed by atoms with Gasteiger partial charge < -0.3 is 9.47 Å². The summed E-state index contributed by atoms with van der Waals surface area (Å²) in [5, 5.41) is 1.32. The zero-order valence-corrected chi connectivity index (χ0v) is 16.8. The zero-order valence-electron chi connectivity index (χ0n) is 16.0. The van der Waals surface area contributed by atoms with Crippen molar-refractivity contribution in [3.8, 4) is 11.4 Å². The monoisotopic (exact) mass is 396 g/mol. The molecule has 1 fully saturated rings. The van der Waals surface area contributed by atoms with E-state index in [0.29, 0.717) is 17.1 Å². The van der Waals surface area contributed by atoms with Crippen LogP contribution < -0.4 is 10.3 Å². The Balaban J connectivity index is 1.73. The van der Waals surface area contributed by atoms with Crippen LogP contribution in [0.4, 0.5) is 0 Å². The van der Waals surface area contributed by atoms with Crippen molar-refractivity contribution in [3.63, 3.8) is 0 Å². The molecule has 28 heavy (non-hydrogen) atoms. The van der Waals surface area contributed by atoms with Gasteiger partial charge in [-0.05, 0) is 62.6 Å². The number of hydrogen-bond acceptors (Lipinski definition) is 5. The maximum atomic E-state index is 13.3. The second-order valence-electron chi connectivity index (χ2n) is 6.78. The van der Waals surface area contributed by atoms with Crippen molar-refractivity contribution in [2.45, 2.75) is 37.4 Å². The number of nitrogens with zero attached hydrogens (tertiary/aromatic N) is 2. The molecule has 1 aromatic heterocycles. The summed E-state index contributed by atoms with van der Waals surface area (Å²) in [6.45, 7) is 3.38. The van der Waals surface area contributed by atoms with Crippen molar-refractivity contribution >= 4 is 22.7 Å². The molecule has 2 heterocycles. The summed E-state index contributed by atoms with van der Waals surface area (Å²) in [7, 11) is 0. The molecule has 2 aromatic carbocycles. The summed E-state index contributed by atoms with van der Waals surface area (Å²) < 4.78 is 13.1. The summed E-state index contributed by atoms with van der Waals surface area (Å²) >= 11 is 1.59. The lowest BCUT2D eigenvalue weighted by molar-refractivity contribution is 0.0315. The molecule has 0 radical (unpaired) electrons. The predicted octanol–water partition coefficient (Wildman–Crippen LogP) is 4.45. The number of ether oxygens (including phenoxy) is 2. The van der Waals surface area contributed by atoms with Crippen molar-refractivity contribution in [1.82, 2.24) is 9.55 Å². The number of aromatic nitrogens is 2. The lowest BCUT2D eigenvalue weighted by Gasteiger charge is -2.22. The molecule has 0 amide bonds. The Bertz CT molecular complexity index is 995. The number of fused-ring (bicyclic) bond motifs is 1. The Hall–Kier alpha value is -2.31. The largest absolute Gasteiger partial charge is 0.494 e. The molecular weight excluding hydrogens is 372 g/mol. The third-order valence-electron chi connectivity index (χ3n) is 4.82. The Morgan fingerprint density at radius 3 is 2.75 bits per heavy atom. The van der Waals surface area contributed by atoms with Crippen molar-refractivity contribution in [2.24, 2.45) is 0 Å². The molecule has 0 bridgehead atoms. The van der Waals surface area contributed by atoms with Gasteiger partial charge in [0.15, 0.2) is 5.16 Å². The number of thioether (sulfide) groups is 1. The van der Waals surface area contributed by atoms with Crippen LogP contribution in [-0.2, 0) is 4.74 Å². The third-order valence-corrected chi connectivity index (χ3v) is 5.89. The van der Waals surface area contributed by atoms with Gasteiger partial charge in [0.2, 0.25) is 0 Å². The Morgan fingerprint density at radius 1 is 1.18 bits per heavy atom. The van der Waals surface area contributed by atoms with Gasteiger partial charge in [0.1, 0.15) is 5.75 Å². The molecule has 3 aromatic rings. The molecule has 1 aliphatic heterocycles. The average molecular weight is 397 g/mol. The van der Waals surface area contributed by atoms with Crippen molar-refractivity contribution in [3.05, 3.63) is 58.9 Å². The topological polar surface area (TPSA) is 53.4 Å². The van der Waals surface area contributed by atoms with Gasteiger partial charge in [-0.1, -0.05) is 23.9 Å². The number of hydrogen-bond donors (Lipinski definition) is 0. The smallest absolute Gasteiger partial charge is 0.266 e. The van der Waals surface area contributed by atoms with Gasteiger partial charge in [0.05, 0.1) is 29.3 Å². The fraction of sp³-hybridized carbons (Fsp3) is 0.364. The maximum absolute atomic E-state index is 13.3. The highest BCUT2D eigenvalue weighted by Crippen LogP contribution is 2.26. The minimum Gasteiger partial charge on any atom is -0.494 e. The lowest BCUT2D eigenvalue weighted by atomic mass is 10.1. The molecular formula is C22H24N2O3S. The van der Waals surface area contributed by atoms with E-state index in [0.717, 1.165) is 42.2 Å². The number of para-hydroxylation sites is 1. The highest BCUT2D eigenvalue weighted by atomic mass is 32.2. The van der Waals surface area contributed by atoms with Crippen LogP contribution >= 0.6 is 11.8 Å². The van der Waals surface area contributed by atoms with Crippen LogP contribution in [0.2, 0.25) is 0 Å². The first-order valence-electron chi connectivity index (χ1n) is 9.75. The molecule has 0 unspecified atom stereocenters. The Labute approximate surface area is 168 Å². The summed E-state index contributed by atoms with van der Waals surface area (Å²) in [4.78, 5) is 18.1. The number of benzene rings is 2. The van der Waals surface area contributed by atoms with Crippen LogP contribution in [0.1, 0.15) is 26.2 Å². The van der Waals surface area contributed by atoms with Gasteiger partial charge in [0, 0.05) is 12.4 Å². The molecule has 0 aliphatic carbocycles. The SMILES string of the molecule is CCOc1ccc(-n2c(SC[C@H]3CCCCO3)nc3ccccc3c2=O)cc1. The van der Waals surface area contributed by atoms with Crippen molar-refractivity contribution in [1.29, 1.82) is 0 Å². The third kappa shape index (κ3) is 4.08. The van der Waals surface area contributed by atoms with Gasteiger partial charge in [-0.25, -0.2) is 4.98 Å². The predicted molar refractivity (Wildman–Crippen MR) is 113 cm³/mol. The second-order valence-corrected chi connectivity index (χ2v) is 7.77. The highest BCUT2D eigenvalue weighted by Gasteiger charge is 2.18. The van der Waals surface area contributed by atoms with Crippen molar-refractivity contribution < 1.29 is 9.47 Å². The summed E-state index contributed by atoms with van der Waals surface area (Å²) in [6, 6.07) is 15.1. The molecule has 0 N–H and O–H groups in total. The van der Waals surface area contributed by atoms with Gasteiger partial charge >= 0.3 is 0 Å². The quantitative estimate of drug-likeness (QED) is 0.455. The minimum atomic E-state index is -0.0539. The van der Waals surface area contributed by atoms with Crippen LogP contribution in [0.15, 0.2) is 58.5 Å². The summed E-state index contributed by atoms with van der Waals surface area (Å²) in [5.41, 5.74) is 1.46. The van der Waals surface area contributed by atoms with E-state index in [2.05, 4.69) is 0 Å². The van der Waals surface area contributed by atoms with Gasteiger partial charge in [-0.2, -0.15) is 0 Å². The first kappa shape index (κ1) is 19.0. The van der Waals surface area contributed by atoms with Crippen molar-refractivity contribution in [2.75, 3.05) is 19.0 Å². The van der Waals surface area contributed by atoms with Gasteiger partial charge in [-0.15, -0.1) is 0 Å². The molecule has 1 saturated heterocycles. The summed E-state index contributed by atoms with van der Waals surface area (Å²) in [6.07, 6.45) is 3.61. The van der Waals surface area contributed by atoms with Crippen LogP contribution in [0.5, 0.6) is 5.75 Å². The molecule has 1 atom stereocenters. The lowest BCUT2D eigenvalue weighted by Crippen LogP contribution is -2.24. The highest BCUT2D eigenvalue weighted by molar-refractivity contribution is 7.99. The normalized spacial score (nSPS) is 17.0. The van der Waals surface area contributed by atoms with Crippen LogP contribution in [0.25, 0.3) is 16.6 Å². The molecule has 146 valence electrons. The second kappa shape index (κ2) is 8.80. The van der Waals surface area contributed by atoms with E-state index in [-0.39, 0.29) is 11.7 Å². The standard InChI is InChI=1S/C22H24N2O3S/c1-2-26-17-12-10-16(11-13-17)24-21(25)19-8-3-4-9-20(19)23-22(24)28-15-18-7-5-6-14-27-18/h3-4,8-13,18H,2,5-7,14-15H2,1H3/t18-/m1/s1. The molecule has 0 spiro atoms. The van der Waals surface area contributed by atoms with Crippen LogP contribution in [0, 0.1) is 0 Å². The zero-order chi connectivity index (χ0) is 19.3. The Morgan fingerprint density at radius 2 is 2.00 bits per heavy atom. The van der Waals surface area contributed by atoms with E-state index in [1.807, 2.05) is 55.5 Å². The molecule has 5 nitrogen and oxygen atoms in total. The van der Waals surface area contributed by atoms with E-state index in [9.17, 15) is 4.79 Å². The molecule has 6 heteroatoms. The van der Waals surface area contributed by atoms with E-state index >= 15 is 0 Å². The van der Waals surface area contributed by atoms with E-state index in [1.165, 1.54) is 6.42 Å². The minimum absolute atomic E-state index is 0.0539. The van der Waals surface area contributed by atoms with Gasteiger partial charge in [0.25, 0.3) is 5.56 Å². The fourth-order valence-corrected chi connectivity index (χ4v) is 4.48. The Kier molecular flexibility index (Phi) is 5.98. The first-order chi connectivity index (χ1) is 13.8. The average Bonchev–Trinajstić information content (AvgIpc) is 2.74. The molecule has 4 rings (SSSR count). The number of rotatable bonds is 6. The molecule has 0 saturated carbocycles. The van der Waals surface area contributed by atoms with E-state index < -0.39 is 0 Å². The maximum Gasteiger partial charge on any atom is 0.266 e. The molecule has 1 aliphatic rings. The first-order valence-corrected chi connectivity index (χ1v) is 10.7. The summed E-state index contributed by atoms with van der Waals surface area (Å²) in [5.74, 6) is 1.58. The van der Waals surface area contributed by atoms with Crippen LogP contribution in [0.3, 0.4) is 0 Å².